The third-order valence-electron chi connectivity index (χ3n) is 5.31. The van der Waals surface area contributed by atoms with Gasteiger partial charge in [-0.1, -0.05) is 6.07 Å². The first-order chi connectivity index (χ1) is 12.4. The predicted molar refractivity (Wildman–Crippen MR) is 100 cm³/mol. The van der Waals surface area contributed by atoms with Crippen molar-refractivity contribution in [3.05, 3.63) is 51.7 Å². The number of piperidine rings is 1. The summed E-state index contributed by atoms with van der Waals surface area (Å²) in [4.78, 5) is 16.2. The second-order valence-corrected chi connectivity index (χ2v) is 9.96. The van der Waals surface area contributed by atoms with Crippen molar-refractivity contribution in [2.75, 3.05) is 26.0 Å². The molecule has 1 amide bonds. The van der Waals surface area contributed by atoms with E-state index in [1.807, 2.05) is 0 Å². The first-order valence-corrected chi connectivity index (χ1v) is 11.5. The van der Waals surface area contributed by atoms with E-state index < -0.39 is 9.84 Å². The van der Waals surface area contributed by atoms with Crippen LogP contribution in [0.25, 0.3) is 0 Å². The second kappa shape index (κ2) is 6.48. The number of benzene rings is 1. The maximum atomic E-state index is 12.8. The summed E-state index contributed by atoms with van der Waals surface area (Å²) in [6.07, 6.45) is 3.66. The van der Waals surface area contributed by atoms with Gasteiger partial charge in [0.15, 0.2) is 9.84 Å². The molecule has 1 aromatic heterocycles. The molecular weight excluding hydrogens is 370 g/mol. The summed E-state index contributed by atoms with van der Waals surface area (Å²) in [5, 5.41) is 2.12. The van der Waals surface area contributed by atoms with E-state index in [4.69, 9.17) is 4.74 Å². The van der Waals surface area contributed by atoms with Crippen LogP contribution in [-0.4, -0.2) is 45.2 Å². The van der Waals surface area contributed by atoms with Crippen LogP contribution < -0.4 is 0 Å². The van der Waals surface area contributed by atoms with Crippen LogP contribution >= 0.6 is 11.3 Å². The Morgan fingerprint density at radius 3 is 2.73 bits per heavy atom. The Kier molecular flexibility index (Phi) is 4.41. The van der Waals surface area contributed by atoms with Crippen molar-refractivity contribution < 1.29 is 17.9 Å². The minimum Gasteiger partial charge on any atom is -0.370 e. The zero-order chi connectivity index (χ0) is 18.4. The van der Waals surface area contributed by atoms with Crippen molar-refractivity contribution in [2.45, 2.75) is 29.8 Å². The fraction of sp³-hybridized carbons (Fsp3) is 0.421. The van der Waals surface area contributed by atoms with E-state index >= 15 is 0 Å². The van der Waals surface area contributed by atoms with Gasteiger partial charge in [-0.25, -0.2) is 8.42 Å². The molecule has 1 spiro atoms. The summed E-state index contributed by atoms with van der Waals surface area (Å²) in [7, 11) is -3.33. The highest BCUT2D eigenvalue weighted by Crippen LogP contribution is 2.43. The van der Waals surface area contributed by atoms with Crippen molar-refractivity contribution >= 4 is 27.1 Å². The normalized spacial score (nSPS) is 19.3. The van der Waals surface area contributed by atoms with E-state index in [-0.39, 0.29) is 16.4 Å². The average molecular weight is 392 g/mol. The van der Waals surface area contributed by atoms with Gasteiger partial charge in [-0.3, -0.25) is 4.79 Å². The Labute approximate surface area is 157 Å². The number of carbonyl (C=O) groups is 1. The highest BCUT2D eigenvalue weighted by Gasteiger charge is 2.42. The van der Waals surface area contributed by atoms with Crippen LogP contribution in [0.1, 0.15) is 33.6 Å². The van der Waals surface area contributed by atoms with Crippen molar-refractivity contribution in [1.29, 1.82) is 0 Å². The van der Waals surface area contributed by atoms with E-state index in [0.29, 0.717) is 18.7 Å². The molecule has 0 radical (unpaired) electrons. The lowest BCUT2D eigenvalue weighted by Gasteiger charge is -2.44. The molecule has 1 fully saturated rings. The summed E-state index contributed by atoms with van der Waals surface area (Å²) in [6, 6.07) is 8.44. The number of amides is 1. The van der Waals surface area contributed by atoms with Crippen LogP contribution in [0.4, 0.5) is 0 Å². The van der Waals surface area contributed by atoms with Crippen LogP contribution in [0.3, 0.4) is 0 Å². The molecule has 2 aromatic rings. The van der Waals surface area contributed by atoms with Gasteiger partial charge in [-0.15, -0.1) is 11.3 Å². The molecule has 1 saturated heterocycles. The maximum Gasteiger partial charge on any atom is 0.253 e. The van der Waals surface area contributed by atoms with Gasteiger partial charge in [0.2, 0.25) is 0 Å². The van der Waals surface area contributed by atoms with Crippen molar-refractivity contribution in [3.63, 3.8) is 0 Å². The topological polar surface area (TPSA) is 63.7 Å². The molecule has 0 N–H and O–H groups in total. The number of nitrogens with zero attached hydrogens (tertiary/aromatic N) is 1. The fourth-order valence-electron chi connectivity index (χ4n) is 3.88. The summed E-state index contributed by atoms with van der Waals surface area (Å²) in [6.45, 7) is 1.95. The van der Waals surface area contributed by atoms with E-state index in [2.05, 4.69) is 11.4 Å². The van der Waals surface area contributed by atoms with Gasteiger partial charge in [-0.2, -0.15) is 0 Å². The third kappa shape index (κ3) is 3.08. The summed E-state index contributed by atoms with van der Waals surface area (Å²) < 4.78 is 29.7. The summed E-state index contributed by atoms with van der Waals surface area (Å²) in [5.74, 6) is -0.119. The summed E-state index contributed by atoms with van der Waals surface area (Å²) in [5.41, 5.74) is 1.45. The van der Waals surface area contributed by atoms with Gasteiger partial charge in [0.1, 0.15) is 0 Å². The van der Waals surface area contributed by atoms with Crippen LogP contribution in [0, 0.1) is 0 Å². The zero-order valence-corrected chi connectivity index (χ0v) is 16.2. The Bertz CT molecular complexity index is 940. The smallest absolute Gasteiger partial charge is 0.253 e. The monoisotopic (exact) mass is 391 g/mol. The first kappa shape index (κ1) is 17.7. The Hall–Kier alpha value is -1.70. The van der Waals surface area contributed by atoms with Crippen molar-refractivity contribution in [1.82, 2.24) is 4.90 Å². The molecule has 0 unspecified atom stereocenters. The molecule has 138 valence electrons. The summed E-state index contributed by atoms with van der Waals surface area (Å²) >= 11 is 1.78. The number of likely N-dealkylation sites (tertiary alicyclic amines) is 1. The molecule has 1 aromatic carbocycles. The number of rotatable bonds is 2. The van der Waals surface area contributed by atoms with Crippen LogP contribution in [0.2, 0.25) is 0 Å². The Morgan fingerprint density at radius 1 is 1.23 bits per heavy atom. The molecule has 26 heavy (non-hydrogen) atoms. The third-order valence-corrected chi connectivity index (χ3v) is 7.40. The van der Waals surface area contributed by atoms with E-state index in [1.54, 1.807) is 28.4 Å². The van der Waals surface area contributed by atoms with Gasteiger partial charge < -0.3 is 9.64 Å². The molecular formula is C19H21NO4S2. The Balaban J connectivity index is 1.52. The van der Waals surface area contributed by atoms with Crippen molar-refractivity contribution in [3.8, 4) is 0 Å². The van der Waals surface area contributed by atoms with Gasteiger partial charge >= 0.3 is 0 Å². The average Bonchev–Trinajstić information content (AvgIpc) is 3.12. The molecule has 2 aliphatic rings. The SMILES string of the molecule is CS(=O)(=O)c1cccc(C(=O)N2CCC3(CC2)OCCc2sccc23)c1. The van der Waals surface area contributed by atoms with Crippen LogP contribution in [0.5, 0.6) is 0 Å². The first-order valence-electron chi connectivity index (χ1n) is 8.69. The number of hydrogen-bond acceptors (Lipinski definition) is 5. The van der Waals surface area contributed by atoms with Gasteiger partial charge in [0.25, 0.3) is 5.91 Å². The van der Waals surface area contributed by atoms with Gasteiger partial charge in [0, 0.05) is 36.2 Å². The number of ether oxygens (including phenoxy) is 1. The standard InChI is InChI=1S/C19H21NO4S2/c1-26(22,23)15-4-2-3-14(13-15)18(21)20-9-7-19(8-10-20)16-6-12-25-17(16)5-11-24-19/h2-4,6,12-13H,5,7-11H2,1H3. The number of thiophene rings is 1. The molecule has 5 nitrogen and oxygen atoms in total. The molecule has 0 saturated carbocycles. The van der Waals surface area contributed by atoms with E-state index in [9.17, 15) is 13.2 Å². The molecule has 3 heterocycles. The van der Waals surface area contributed by atoms with Gasteiger partial charge in [0.05, 0.1) is 17.1 Å². The number of hydrogen-bond donors (Lipinski definition) is 0. The molecule has 4 rings (SSSR count). The molecule has 0 atom stereocenters. The second-order valence-electron chi connectivity index (χ2n) is 6.94. The Morgan fingerprint density at radius 2 is 2.00 bits per heavy atom. The van der Waals surface area contributed by atoms with Crippen molar-refractivity contribution in [2.24, 2.45) is 0 Å². The lowest BCUT2D eigenvalue weighted by Crippen LogP contribution is -2.48. The minimum atomic E-state index is -3.33. The maximum absolute atomic E-state index is 12.8. The highest BCUT2D eigenvalue weighted by molar-refractivity contribution is 7.90. The number of sulfone groups is 1. The zero-order valence-electron chi connectivity index (χ0n) is 14.6. The number of carbonyl (C=O) groups excluding carboxylic acids is 1. The van der Waals surface area contributed by atoms with E-state index in [0.717, 1.165) is 32.1 Å². The highest BCUT2D eigenvalue weighted by atomic mass is 32.2. The lowest BCUT2D eigenvalue weighted by molar-refractivity contribution is -0.0926. The van der Waals surface area contributed by atoms with E-state index in [1.165, 1.54) is 22.6 Å². The lowest BCUT2D eigenvalue weighted by atomic mass is 9.82. The fourth-order valence-corrected chi connectivity index (χ4v) is 5.50. The van der Waals surface area contributed by atoms with Gasteiger partial charge in [-0.05, 0) is 48.1 Å². The molecule has 7 heteroatoms. The minimum absolute atomic E-state index is 0.119. The molecule has 2 aliphatic heterocycles. The van der Waals surface area contributed by atoms with Crippen LogP contribution in [0.15, 0.2) is 40.6 Å². The molecule has 0 bridgehead atoms. The largest absolute Gasteiger partial charge is 0.370 e. The molecule has 0 aliphatic carbocycles. The number of fused-ring (bicyclic) bond motifs is 2. The quantitative estimate of drug-likeness (QED) is 0.790. The van der Waals surface area contributed by atoms with Crippen LogP contribution in [-0.2, 0) is 26.6 Å². The predicted octanol–water partition coefficient (Wildman–Crippen LogP) is 2.86.